The number of nitrogens with zero attached hydrogens (tertiary/aromatic N) is 3. The predicted molar refractivity (Wildman–Crippen MR) is 105 cm³/mol. The summed E-state index contributed by atoms with van der Waals surface area (Å²) in [4.78, 5) is 13.7. The van der Waals surface area contributed by atoms with E-state index in [9.17, 15) is 9.90 Å². The number of benzene rings is 1. The van der Waals surface area contributed by atoms with Crippen LogP contribution in [0.15, 0.2) is 36.9 Å². The lowest BCUT2D eigenvalue weighted by atomic mass is 10.0. The molecule has 1 unspecified atom stereocenters. The highest BCUT2D eigenvalue weighted by molar-refractivity contribution is 6.30. The van der Waals surface area contributed by atoms with Crippen molar-refractivity contribution in [1.29, 1.82) is 0 Å². The van der Waals surface area contributed by atoms with E-state index >= 15 is 0 Å². The molecule has 5 nitrogen and oxygen atoms in total. The molecule has 1 atom stereocenters. The number of allylic oxidation sites excluding steroid dienone is 1. The zero-order chi connectivity index (χ0) is 18.7. The first-order chi connectivity index (χ1) is 12.6. The Balaban J connectivity index is 2.22. The smallest absolute Gasteiger partial charge is 0.326 e. The van der Waals surface area contributed by atoms with Gasteiger partial charge in [-0.2, -0.15) is 0 Å². The summed E-state index contributed by atoms with van der Waals surface area (Å²) in [6, 6.07) is 6.87. The fourth-order valence-electron chi connectivity index (χ4n) is 3.42. The zero-order valence-electron chi connectivity index (χ0n) is 14.7. The number of halogens is 1. The van der Waals surface area contributed by atoms with Gasteiger partial charge in [-0.25, -0.2) is 9.48 Å². The molecule has 1 saturated heterocycles. The number of hydrogen-bond donors (Lipinski definition) is 1. The fraction of sp³-hybridized carbons (Fsp3) is 0.300. The van der Waals surface area contributed by atoms with Gasteiger partial charge in [-0.3, -0.25) is 0 Å². The number of rotatable bonds is 4. The third kappa shape index (κ3) is 3.40. The van der Waals surface area contributed by atoms with Gasteiger partial charge in [0.05, 0.1) is 11.0 Å². The van der Waals surface area contributed by atoms with Gasteiger partial charge in [-0.05, 0) is 56.5 Å². The minimum Gasteiger partial charge on any atom is -0.480 e. The van der Waals surface area contributed by atoms with Crippen LogP contribution in [-0.4, -0.2) is 33.4 Å². The number of hydrogen-bond acceptors (Lipinski definition) is 3. The molecule has 1 aromatic carbocycles. The lowest BCUT2D eigenvalue weighted by Crippen LogP contribution is -2.47. The number of carboxylic acid groups (broad SMARTS) is 1. The fourth-order valence-corrected chi connectivity index (χ4v) is 3.55. The lowest BCUT2D eigenvalue weighted by Gasteiger charge is -2.33. The molecule has 1 N–H and O–H groups in total. The van der Waals surface area contributed by atoms with Gasteiger partial charge in [0.1, 0.15) is 6.04 Å². The Bertz CT molecular complexity index is 931. The third-order valence-electron chi connectivity index (χ3n) is 4.63. The Labute approximate surface area is 157 Å². The van der Waals surface area contributed by atoms with Crippen LogP contribution in [0, 0.1) is 0 Å². The largest absolute Gasteiger partial charge is 0.480 e. The molecule has 1 aliphatic heterocycles. The van der Waals surface area contributed by atoms with E-state index in [1.54, 1.807) is 6.08 Å². The van der Waals surface area contributed by atoms with Crippen LogP contribution in [0.4, 0.5) is 5.82 Å². The van der Waals surface area contributed by atoms with Crippen LogP contribution in [0.2, 0.25) is 5.02 Å². The third-order valence-corrected chi connectivity index (χ3v) is 4.88. The molecule has 6 heteroatoms. The minimum atomic E-state index is -0.808. The van der Waals surface area contributed by atoms with Crippen molar-refractivity contribution in [2.75, 3.05) is 11.4 Å². The van der Waals surface area contributed by atoms with Crippen molar-refractivity contribution in [2.24, 2.45) is 0 Å². The quantitative estimate of drug-likeness (QED) is 0.897. The van der Waals surface area contributed by atoms with E-state index < -0.39 is 12.0 Å². The van der Waals surface area contributed by atoms with Crippen molar-refractivity contribution >= 4 is 35.5 Å². The van der Waals surface area contributed by atoms with E-state index in [1.165, 1.54) is 0 Å². The number of aliphatic carboxylic acids is 1. The average Bonchev–Trinajstić information content (AvgIpc) is 3.01. The Morgan fingerprint density at radius 3 is 2.69 bits per heavy atom. The van der Waals surface area contributed by atoms with Gasteiger partial charge in [-0.1, -0.05) is 30.3 Å². The maximum atomic E-state index is 11.7. The summed E-state index contributed by atoms with van der Waals surface area (Å²) in [5.41, 5.74) is 0.872. The van der Waals surface area contributed by atoms with Crippen LogP contribution in [0.25, 0.3) is 17.8 Å². The molecule has 1 aromatic heterocycles. The SMILES string of the molecule is C=C/C=c1/c(N2CCCCC2C(=O)O)nn(-c2ccc(Cl)cc2)/c1=C/C. The molecule has 0 aliphatic carbocycles. The second-order valence-electron chi connectivity index (χ2n) is 6.24. The monoisotopic (exact) mass is 371 g/mol. The minimum absolute atomic E-state index is 0.556. The Morgan fingerprint density at radius 2 is 2.08 bits per heavy atom. The van der Waals surface area contributed by atoms with E-state index in [2.05, 4.69) is 6.58 Å². The summed E-state index contributed by atoms with van der Waals surface area (Å²) in [7, 11) is 0. The first-order valence-electron chi connectivity index (χ1n) is 8.70. The normalized spacial score (nSPS) is 19.0. The average molecular weight is 372 g/mol. The van der Waals surface area contributed by atoms with Gasteiger partial charge in [0, 0.05) is 16.8 Å². The van der Waals surface area contributed by atoms with E-state index in [0.717, 1.165) is 29.1 Å². The lowest BCUT2D eigenvalue weighted by molar-refractivity contribution is -0.139. The van der Waals surface area contributed by atoms with Crippen LogP contribution in [0.1, 0.15) is 26.2 Å². The Morgan fingerprint density at radius 1 is 1.35 bits per heavy atom. The van der Waals surface area contributed by atoms with E-state index in [4.69, 9.17) is 16.7 Å². The van der Waals surface area contributed by atoms with Gasteiger partial charge in [-0.15, -0.1) is 5.10 Å². The predicted octanol–water partition coefficient (Wildman–Crippen LogP) is 2.74. The maximum absolute atomic E-state index is 11.7. The molecule has 2 aromatic rings. The Hall–Kier alpha value is -2.53. The van der Waals surface area contributed by atoms with Crippen molar-refractivity contribution in [3.8, 4) is 5.69 Å². The van der Waals surface area contributed by atoms with Crippen LogP contribution < -0.4 is 15.5 Å². The molecule has 3 rings (SSSR count). The first-order valence-corrected chi connectivity index (χ1v) is 9.08. The standard InChI is InChI=1S/C20H22ClN3O2/c1-3-7-16-17(4-2)24(15-11-9-14(21)10-12-15)22-19(16)23-13-6-5-8-18(23)20(25)26/h3-4,7,9-12,18H,1,5-6,8,13H2,2H3,(H,25,26)/b16-7+,17-4+. The van der Waals surface area contributed by atoms with Gasteiger partial charge in [0.15, 0.2) is 5.82 Å². The molecule has 26 heavy (non-hydrogen) atoms. The highest BCUT2D eigenvalue weighted by Gasteiger charge is 2.31. The van der Waals surface area contributed by atoms with Gasteiger partial charge >= 0.3 is 5.97 Å². The summed E-state index contributed by atoms with van der Waals surface area (Å²) in [5, 5.41) is 16.9. The van der Waals surface area contributed by atoms with Crippen molar-refractivity contribution in [3.63, 3.8) is 0 Å². The number of aromatic nitrogens is 2. The summed E-state index contributed by atoms with van der Waals surface area (Å²) in [5.74, 6) is -0.127. The number of piperidine rings is 1. The van der Waals surface area contributed by atoms with Crippen molar-refractivity contribution in [3.05, 3.63) is 52.5 Å². The molecule has 0 radical (unpaired) electrons. The molecule has 0 bridgehead atoms. The zero-order valence-corrected chi connectivity index (χ0v) is 15.5. The molecule has 0 spiro atoms. The topological polar surface area (TPSA) is 58.4 Å². The van der Waals surface area contributed by atoms with Crippen LogP contribution in [0.5, 0.6) is 0 Å². The van der Waals surface area contributed by atoms with Crippen LogP contribution >= 0.6 is 11.6 Å². The second kappa shape index (κ2) is 7.79. The highest BCUT2D eigenvalue weighted by Crippen LogP contribution is 2.21. The second-order valence-corrected chi connectivity index (χ2v) is 6.68. The van der Waals surface area contributed by atoms with Crippen molar-refractivity contribution < 1.29 is 9.90 Å². The summed E-state index contributed by atoms with van der Waals surface area (Å²) in [6.45, 7) is 6.43. The maximum Gasteiger partial charge on any atom is 0.326 e. The van der Waals surface area contributed by atoms with E-state index in [0.29, 0.717) is 23.8 Å². The van der Waals surface area contributed by atoms with Gasteiger partial charge in [0.2, 0.25) is 0 Å². The molecule has 1 fully saturated rings. The molecule has 0 amide bonds. The van der Waals surface area contributed by atoms with Crippen LogP contribution in [-0.2, 0) is 4.79 Å². The van der Waals surface area contributed by atoms with E-state index in [1.807, 2.05) is 52.9 Å². The van der Waals surface area contributed by atoms with Crippen molar-refractivity contribution in [2.45, 2.75) is 32.2 Å². The summed E-state index contributed by atoms with van der Waals surface area (Å²) in [6.07, 6.45) is 8.06. The first kappa shape index (κ1) is 18.3. The van der Waals surface area contributed by atoms with Gasteiger partial charge in [0.25, 0.3) is 0 Å². The Kier molecular flexibility index (Phi) is 5.47. The van der Waals surface area contributed by atoms with Gasteiger partial charge < -0.3 is 10.0 Å². The molecule has 0 saturated carbocycles. The molecule has 2 heterocycles. The molecular weight excluding hydrogens is 350 g/mol. The number of carbonyl (C=O) groups is 1. The number of anilines is 1. The molecular formula is C20H22ClN3O2. The van der Waals surface area contributed by atoms with Crippen molar-refractivity contribution in [1.82, 2.24) is 9.78 Å². The number of carboxylic acids is 1. The summed E-state index contributed by atoms with van der Waals surface area (Å²) < 4.78 is 1.83. The molecule has 1 aliphatic rings. The van der Waals surface area contributed by atoms with Crippen LogP contribution in [0.3, 0.4) is 0 Å². The van der Waals surface area contributed by atoms with E-state index in [-0.39, 0.29) is 0 Å². The highest BCUT2D eigenvalue weighted by atomic mass is 35.5. The summed E-state index contributed by atoms with van der Waals surface area (Å²) >= 11 is 6.00. The molecule has 136 valence electrons.